The van der Waals surface area contributed by atoms with Crippen LogP contribution in [0.15, 0.2) is 22.7 Å². The molecule has 1 aliphatic carbocycles. The molecule has 0 unspecified atom stereocenters. The van der Waals surface area contributed by atoms with Gasteiger partial charge in [0.25, 0.3) is 0 Å². The van der Waals surface area contributed by atoms with Crippen LogP contribution in [0.1, 0.15) is 41.6 Å². The molecule has 1 aromatic heterocycles. The second kappa shape index (κ2) is 5.63. The Kier molecular flexibility index (Phi) is 3.69. The first-order chi connectivity index (χ1) is 9.76. The lowest BCUT2D eigenvalue weighted by molar-refractivity contribution is 0.282. The molecule has 1 fully saturated rings. The molecule has 0 aliphatic heterocycles. The first kappa shape index (κ1) is 13.1. The molecule has 2 aromatic rings. The summed E-state index contributed by atoms with van der Waals surface area (Å²) in [6.45, 7) is 3.00. The van der Waals surface area contributed by atoms with Crippen LogP contribution < -0.4 is 10.5 Å². The fraction of sp³-hybridized carbons (Fsp3) is 0.467. The number of benzene rings is 1. The molecule has 0 atom stereocenters. The molecule has 0 radical (unpaired) electrons. The number of nitrogens with zero attached hydrogens (tertiary/aromatic N) is 2. The van der Waals surface area contributed by atoms with Crippen molar-refractivity contribution in [3.8, 4) is 5.75 Å². The second-order valence-corrected chi connectivity index (χ2v) is 5.26. The minimum Gasteiger partial charge on any atom is -0.485 e. The molecule has 106 valence electrons. The van der Waals surface area contributed by atoms with Gasteiger partial charge in [0.1, 0.15) is 5.75 Å². The molecule has 0 bridgehead atoms. The minimum absolute atomic E-state index is 0.330. The van der Waals surface area contributed by atoms with Crippen LogP contribution >= 0.6 is 0 Å². The van der Waals surface area contributed by atoms with Crippen molar-refractivity contribution in [1.82, 2.24) is 10.1 Å². The molecule has 20 heavy (non-hydrogen) atoms. The van der Waals surface area contributed by atoms with E-state index in [4.69, 9.17) is 15.0 Å². The van der Waals surface area contributed by atoms with Crippen LogP contribution in [0.3, 0.4) is 0 Å². The minimum atomic E-state index is 0.330. The molecule has 1 aliphatic rings. The van der Waals surface area contributed by atoms with E-state index in [9.17, 15) is 0 Å². The van der Waals surface area contributed by atoms with Crippen molar-refractivity contribution in [3.05, 3.63) is 41.0 Å². The van der Waals surface area contributed by atoms with Gasteiger partial charge in [-0.25, -0.2) is 0 Å². The van der Waals surface area contributed by atoms with Crippen LogP contribution in [0.25, 0.3) is 0 Å². The van der Waals surface area contributed by atoms with Crippen LogP contribution in [0.5, 0.6) is 5.75 Å². The summed E-state index contributed by atoms with van der Waals surface area (Å²) in [4.78, 5) is 4.35. The maximum Gasteiger partial charge on any atom is 0.229 e. The van der Waals surface area contributed by atoms with Crippen molar-refractivity contribution in [2.75, 3.05) is 6.54 Å². The van der Waals surface area contributed by atoms with Gasteiger partial charge >= 0.3 is 0 Å². The number of aryl methyl sites for hydroxylation is 1. The zero-order valence-corrected chi connectivity index (χ0v) is 11.6. The highest BCUT2D eigenvalue weighted by Gasteiger charge is 2.29. The molecule has 3 rings (SSSR count). The third-order valence-corrected chi connectivity index (χ3v) is 3.40. The summed E-state index contributed by atoms with van der Waals surface area (Å²) in [6, 6.07) is 6.11. The number of rotatable bonds is 6. The van der Waals surface area contributed by atoms with Crippen LogP contribution in [0, 0.1) is 6.92 Å². The quantitative estimate of drug-likeness (QED) is 0.874. The predicted octanol–water partition coefficient (Wildman–Crippen LogP) is 2.34. The Morgan fingerprint density at radius 3 is 3.00 bits per heavy atom. The highest BCUT2D eigenvalue weighted by atomic mass is 16.5. The zero-order valence-electron chi connectivity index (χ0n) is 11.6. The summed E-state index contributed by atoms with van der Waals surface area (Å²) >= 11 is 0. The van der Waals surface area contributed by atoms with E-state index in [2.05, 4.69) is 23.1 Å². The van der Waals surface area contributed by atoms with E-state index in [-0.39, 0.29) is 0 Å². The number of ether oxygens (including phenoxy) is 1. The van der Waals surface area contributed by atoms with E-state index >= 15 is 0 Å². The monoisotopic (exact) mass is 273 g/mol. The summed E-state index contributed by atoms with van der Waals surface area (Å²) in [5.41, 5.74) is 7.96. The van der Waals surface area contributed by atoms with E-state index in [1.54, 1.807) is 0 Å². The van der Waals surface area contributed by atoms with Gasteiger partial charge in [-0.05, 0) is 44.4 Å². The fourth-order valence-corrected chi connectivity index (χ4v) is 2.16. The summed E-state index contributed by atoms with van der Waals surface area (Å²) in [7, 11) is 0. The van der Waals surface area contributed by atoms with Gasteiger partial charge in [-0.2, -0.15) is 4.98 Å². The van der Waals surface area contributed by atoms with Crippen molar-refractivity contribution in [3.63, 3.8) is 0 Å². The third-order valence-electron chi connectivity index (χ3n) is 3.40. The Morgan fingerprint density at radius 1 is 1.40 bits per heavy atom. The lowest BCUT2D eigenvalue weighted by atomic mass is 10.1. The molecule has 0 saturated heterocycles. The molecule has 5 heteroatoms. The highest BCUT2D eigenvalue weighted by Crippen LogP contribution is 2.38. The van der Waals surface area contributed by atoms with Gasteiger partial charge in [0.15, 0.2) is 6.61 Å². The maximum atomic E-state index is 5.80. The van der Waals surface area contributed by atoms with Gasteiger partial charge < -0.3 is 15.0 Å². The lowest BCUT2D eigenvalue weighted by Gasteiger charge is -2.10. The van der Waals surface area contributed by atoms with Gasteiger partial charge in [-0.1, -0.05) is 22.9 Å². The summed E-state index contributed by atoms with van der Waals surface area (Å²) < 4.78 is 11.0. The normalized spacial score (nSPS) is 14.5. The van der Waals surface area contributed by atoms with Crippen LogP contribution in [0.4, 0.5) is 0 Å². The molecule has 1 aromatic carbocycles. The van der Waals surface area contributed by atoms with E-state index in [0.29, 0.717) is 24.9 Å². The van der Waals surface area contributed by atoms with Crippen molar-refractivity contribution >= 4 is 0 Å². The van der Waals surface area contributed by atoms with Crippen molar-refractivity contribution in [2.24, 2.45) is 5.73 Å². The standard InChI is InChI=1S/C15H19N3O2/c1-10-2-5-13(12(8-10)6-7-16)19-9-14-17-15(20-18-14)11-3-4-11/h2,5,8,11H,3-4,6-7,9,16H2,1H3. The molecule has 1 heterocycles. The predicted molar refractivity (Wildman–Crippen MR) is 74.5 cm³/mol. The molecular weight excluding hydrogens is 254 g/mol. The molecule has 0 amide bonds. The SMILES string of the molecule is Cc1ccc(OCc2noc(C3CC3)n2)c(CCN)c1. The first-order valence-corrected chi connectivity index (χ1v) is 7.01. The van der Waals surface area contributed by atoms with Crippen LogP contribution in [-0.2, 0) is 13.0 Å². The number of aromatic nitrogens is 2. The average Bonchev–Trinajstić information content (AvgIpc) is 3.18. The zero-order chi connectivity index (χ0) is 13.9. The molecule has 0 spiro atoms. The van der Waals surface area contributed by atoms with Crippen LogP contribution in [0.2, 0.25) is 0 Å². The summed E-state index contributed by atoms with van der Waals surface area (Å²) in [5, 5.41) is 3.95. The number of hydrogen-bond acceptors (Lipinski definition) is 5. The van der Waals surface area contributed by atoms with E-state index in [0.717, 1.165) is 36.5 Å². The second-order valence-electron chi connectivity index (χ2n) is 5.26. The summed E-state index contributed by atoms with van der Waals surface area (Å²) in [5.74, 6) is 2.67. The summed E-state index contributed by atoms with van der Waals surface area (Å²) in [6.07, 6.45) is 3.11. The van der Waals surface area contributed by atoms with Crippen LogP contribution in [-0.4, -0.2) is 16.7 Å². The first-order valence-electron chi connectivity index (χ1n) is 7.01. The number of nitrogens with two attached hydrogens (primary N) is 1. The Morgan fingerprint density at radius 2 is 2.25 bits per heavy atom. The maximum absolute atomic E-state index is 5.80. The van der Waals surface area contributed by atoms with E-state index in [1.165, 1.54) is 5.56 Å². The van der Waals surface area contributed by atoms with Gasteiger partial charge in [0.2, 0.25) is 11.7 Å². The Bertz CT molecular complexity index is 591. The Labute approximate surface area is 118 Å². The smallest absolute Gasteiger partial charge is 0.229 e. The Hall–Kier alpha value is -1.88. The molecule has 5 nitrogen and oxygen atoms in total. The fourth-order valence-electron chi connectivity index (χ4n) is 2.16. The number of hydrogen-bond donors (Lipinski definition) is 1. The Balaban J connectivity index is 1.67. The lowest BCUT2D eigenvalue weighted by Crippen LogP contribution is -2.06. The van der Waals surface area contributed by atoms with Gasteiger partial charge in [-0.15, -0.1) is 0 Å². The van der Waals surface area contributed by atoms with Gasteiger partial charge in [-0.3, -0.25) is 0 Å². The van der Waals surface area contributed by atoms with E-state index < -0.39 is 0 Å². The highest BCUT2D eigenvalue weighted by molar-refractivity contribution is 5.37. The molecule has 2 N–H and O–H groups in total. The average molecular weight is 273 g/mol. The van der Waals surface area contributed by atoms with Crippen molar-refractivity contribution < 1.29 is 9.26 Å². The van der Waals surface area contributed by atoms with Gasteiger partial charge in [0, 0.05) is 5.92 Å². The topological polar surface area (TPSA) is 74.2 Å². The van der Waals surface area contributed by atoms with Crippen molar-refractivity contribution in [1.29, 1.82) is 0 Å². The van der Waals surface area contributed by atoms with Gasteiger partial charge in [0.05, 0.1) is 0 Å². The van der Waals surface area contributed by atoms with E-state index in [1.807, 2.05) is 12.1 Å². The molecule has 1 saturated carbocycles. The van der Waals surface area contributed by atoms with Crippen molar-refractivity contribution in [2.45, 2.75) is 38.7 Å². The third kappa shape index (κ3) is 2.99. The molecular formula is C15H19N3O2. The largest absolute Gasteiger partial charge is 0.485 e.